The van der Waals surface area contributed by atoms with E-state index in [1.165, 1.54) is 6.92 Å². The Morgan fingerprint density at radius 3 is 2.61 bits per heavy atom. The number of hydrogen-bond donors (Lipinski definition) is 1. The molecule has 2 aromatic rings. The van der Waals surface area contributed by atoms with E-state index in [0.29, 0.717) is 24.2 Å². The molecule has 0 radical (unpaired) electrons. The Morgan fingerprint density at radius 1 is 1.23 bits per heavy atom. The summed E-state index contributed by atoms with van der Waals surface area (Å²) < 4.78 is 6.92. The maximum absolute atomic E-state index is 13.0. The second-order valence-electron chi connectivity index (χ2n) is 7.03. The van der Waals surface area contributed by atoms with Gasteiger partial charge in [-0.3, -0.25) is 19.0 Å². The van der Waals surface area contributed by atoms with Crippen molar-refractivity contribution in [2.45, 2.75) is 19.4 Å². The fourth-order valence-corrected chi connectivity index (χ4v) is 3.16. The molecule has 1 aromatic heterocycles. The minimum atomic E-state index is -1.17. The molecule has 8 nitrogen and oxygen atoms in total. The number of rotatable bonds is 7. The van der Waals surface area contributed by atoms with Gasteiger partial charge in [0.2, 0.25) is 12.1 Å². The molecule has 1 aliphatic rings. The molecule has 160 valence electrons. The number of ether oxygens (including phenoxy) is 1. The van der Waals surface area contributed by atoms with Crippen molar-refractivity contribution in [1.29, 1.82) is 0 Å². The Balaban J connectivity index is 2.01. The predicted octanol–water partition coefficient (Wildman–Crippen LogP) is 3.36. The molecule has 0 aliphatic heterocycles. The van der Waals surface area contributed by atoms with Gasteiger partial charge in [0.05, 0.1) is 0 Å². The molecular formula is C23H24N4O4. The van der Waals surface area contributed by atoms with Gasteiger partial charge in [0.25, 0.3) is 5.91 Å². The second kappa shape index (κ2) is 9.71. The van der Waals surface area contributed by atoms with E-state index in [2.05, 4.69) is 10.3 Å². The first-order chi connectivity index (χ1) is 14.9. The highest BCUT2D eigenvalue weighted by Gasteiger charge is 2.27. The lowest BCUT2D eigenvalue weighted by Gasteiger charge is -2.16. The third-order valence-corrected chi connectivity index (χ3v) is 4.51. The molecule has 3 rings (SSSR count). The van der Waals surface area contributed by atoms with E-state index in [1.54, 1.807) is 53.9 Å². The van der Waals surface area contributed by atoms with Gasteiger partial charge in [-0.25, -0.2) is 0 Å². The monoisotopic (exact) mass is 420 g/mol. The Hall–Kier alpha value is -3.94. The molecule has 1 aliphatic carbocycles. The van der Waals surface area contributed by atoms with E-state index < -0.39 is 18.0 Å². The number of anilines is 2. The summed E-state index contributed by atoms with van der Waals surface area (Å²) in [4.78, 5) is 42.9. The van der Waals surface area contributed by atoms with E-state index in [0.717, 1.165) is 5.70 Å². The number of benzene rings is 1. The summed E-state index contributed by atoms with van der Waals surface area (Å²) in [6, 6.07) is 8.66. The van der Waals surface area contributed by atoms with Crippen LogP contribution in [0.4, 0.5) is 11.8 Å². The first kappa shape index (κ1) is 21.8. The molecule has 1 heterocycles. The molecule has 8 heteroatoms. The number of nitrogens with one attached hydrogen (secondary N) is 1. The van der Waals surface area contributed by atoms with Gasteiger partial charge in [-0.05, 0) is 12.5 Å². The van der Waals surface area contributed by atoms with Crippen LogP contribution in [0.3, 0.4) is 0 Å². The maximum Gasteiger partial charge on any atom is 0.303 e. The first-order valence-corrected chi connectivity index (χ1v) is 9.74. The molecule has 0 spiro atoms. The van der Waals surface area contributed by atoms with Crippen LogP contribution >= 0.6 is 0 Å². The smallest absolute Gasteiger partial charge is 0.303 e. The zero-order valence-electron chi connectivity index (χ0n) is 17.6. The lowest BCUT2D eigenvalue weighted by molar-refractivity contribution is -0.152. The van der Waals surface area contributed by atoms with Crippen LogP contribution in [0.5, 0.6) is 0 Å². The summed E-state index contributed by atoms with van der Waals surface area (Å²) in [6.45, 7) is 1.23. The van der Waals surface area contributed by atoms with Gasteiger partial charge in [-0.15, -0.1) is 0 Å². The largest absolute Gasteiger partial charge is 0.447 e. The number of amides is 1. The summed E-state index contributed by atoms with van der Waals surface area (Å²) in [5.41, 5.74) is 1.45. The highest BCUT2D eigenvalue weighted by atomic mass is 16.5. The van der Waals surface area contributed by atoms with Crippen LogP contribution in [0.25, 0.3) is 5.70 Å². The van der Waals surface area contributed by atoms with E-state index in [-0.39, 0.29) is 11.5 Å². The highest BCUT2D eigenvalue weighted by molar-refractivity contribution is 5.99. The van der Waals surface area contributed by atoms with Crippen LogP contribution in [-0.4, -0.2) is 41.8 Å². The molecule has 0 bridgehead atoms. The van der Waals surface area contributed by atoms with E-state index >= 15 is 0 Å². The zero-order valence-corrected chi connectivity index (χ0v) is 17.6. The molecule has 0 saturated carbocycles. The standard InChI is InChI=1S/C23H24N4O4/c1-16(29)31-20(17-11-7-6-8-12-17)22(30)24-21-19(15-28)27(23(25-21)26(2)3)18-13-9-4-5-10-14-18/h4-9,11-15,20H,10H2,1-3H3,(H,24,30). The molecule has 1 unspecified atom stereocenters. The van der Waals surface area contributed by atoms with Crippen LogP contribution in [0, 0.1) is 0 Å². The highest BCUT2D eigenvalue weighted by Crippen LogP contribution is 2.29. The van der Waals surface area contributed by atoms with Gasteiger partial charge in [0, 0.05) is 32.3 Å². The Bertz CT molecular complexity index is 1060. The third-order valence-electron chi connectivity index (χ3n) is 4.51. The van der Waals surface area contributed by atoms with Crippen molar-refractivity contribution >= 4 is 35.6 Å². The van der Waals surface area contributed by atoms with E-state index in [9.17, 15) is 14.4 Å². The van der Waals surface area contributed by atoms with Crippen molar-refractivity contribution in [3.63, 3.8) is 0 Å². The summed E-state index contributed by atoms with van der Waals surface area (Å²) in [6.07, 6.45) is 9.76. The van der Waals surface area contributed by atoms with Crippen molar-refractivity contribution in [3.8, 4) is 0 Å². The number of hydrogen-bond acceptors (Lipinski definition) is 6. The zero-order chi connectivity index (χ0) is 22.4. The summed E-state index contributed by atoms with van der Waals surface area (Å²) in [5.74, 6) is -0.644. The first-order valence-electron chi connectivity index (χ1n) is 9.74. The molecule has 0 fully saturated rings. The molecule has 1 aromatic carbocycles. The predicted molar refractivity (Wildman–Crippen MR) is 119 cm³/mol. The minimum Gasteiger partial charge on any atom is -0.447 e. The average Bonchev–Trinajstić information content (AvgIpc) is 2.91. The molecule has 31 heavy (non-hydrogen) atoms. The van der Waals surface area contributed by atoms with Crippen LogP contribution in [-0.2, 0) is 14.3 Å². The van der Waals surface area contributed by atoms with Gasteiger partial charge in [-0.1, -0.05) is 54.6 Å². The van der Waals surface area contributed by atoms with E-state index in [4.69, 9.17) is 4.74 Å². The summed E-state index contributed by atoms with van der Waals surface area (Å²) >= 11 is 0. The molecular weight excluding hydrogens is 396 g/mol. The van der Waals surface area contributed by atoms with Gasteiger partial charge in [0.1, 0.15) is 5.69 Å². The Kier molecular flexibility index (Phi) is 6.81. The van der Waals surface area contributed by atoms with Crippen molar-refractivity contribution in [1.82, 2.24) is 9.55 Å². The number of imidazole rings is 1. The average molecular weight is 420 g/mol. The number of allylic oxidation sites excluding steroid dienone is 6. The SMILES string of the molecule is CC(=O)OC(C(=O)Nc1nc(N(C)C)n(C2=CCC=CC=C2)c1C=O)c1ccccc1. The van der Waals surface area contributed by atoms with Crippen molar-refractivity contribution in [2.75, 3.05) is 24.3 Å². The van der Waals surface area contributed by atoms with Crippen LogP contribution in [0.2, 0.25) is 0 Å². The second-order valence-corrected chi connectivity index (χ2v) is 7.03. The number of esters is 1. The minimum absolute atomic E-state index is 0.0864. The van der Waals surface area contributed by atoms with Gasteiger partial charge in [0.15, 0.2) is 12.1 Å². The number of carbonyl (C=O) groups is 3. The molecule has 1 amide bonds. The Labute approximate surface area is 180 Å². The van der Waals surface area contributed by atoms with Crippen LogP contribution < -0.4 is 10.2 Å². The fourth-order valence-electron chi connectivity index (χ4n) is 3.16. The third kappa shape index (κ3) is 4.98. The van der Waals surface area contributed by atoms with Crippen molar-refractivity contribution in [3.05, 3.63) is 72.0 Å². The summed E-state index contributed by atoms with van der Waals surface area (Å²) in [5, 5.41) is 2.66. The normalized spacial score (nSPS) is 13.7. The van der Waals surface area contributed by atoms with E-state index in [1.807, 2.05) is 30.4 Å². The van der Waals surface area contributed by atoms with Crippen molar-refractivity contribution in [2.24, 2.45) is 0 Å². The molecule has 1 N–H and O–H groups in total. The number of aromatic nitrogens is 2. The quantitative estimate of drug-likeness (QED) is 0.545. The van der Waals surface area contributed by atoms with Crippen LogP contribution in [0.15, 0.2) is 60.7 Å². The molecule has 0 saturated heterocycles. The fraction of sp³-hybridized carbons (Fsp3) is 0.217. The summed E-state index contributed by atoms with van der Waals surface area (Å²) in [7, 11) is 3.59. The lowest BCUT2D eigenvalue weighted by Crippen LogP contribution is -2.25. The van der Waals surface area contributed by atoms with Gasteiger partial charge >= 0.3 is 5.97 Å². The molecule has 1 atom stereocenters. The Morgan fingerprint density at radius 2 is 1.97 bits per heavy atom. The number of nitrogens with zero attached hydrogens (tertiary/aromatic N) is 3. The lowest BCUT2D eigenvalue weighted by atomic mass is 10.1. The van der Waals surface area contributed by atoms with Crippen LogP contribution in [0.1, 0.15) is 35.5 Å². The maximum atomic E-state index is 13.0. The topological polar surface area (TPSA) is 93.5 Å². The van der Waals surface area contributed by atoms with Gasteiger partial charge < -0.3 is 15.0 Å². The number of aldehydes is 1. The van der Waals surface area contributed by atoms with Gasteiger partial charge in [-0.2, -0.15) is 4.98 Å². The van der Waals surface area contributed by atoms with Crippen molar-refractivity contribution < 1.29 is 19.1 Å². The number of carbonyl (C=O) groups excluding carboxylic acids is 3.